The van der Waals surface area contributed by atoms with Crippen molar-refractivity contribution >= 4 is 45.5 Å². The van der Waals surface area contributed by atoms with Gasteiger partial charge >= 0.3 is 6.03 Å². The number of rotatable bonds is 8. The molecule has 3 aromatic carbocycles. The van der Waals surface area contributed by atoms with E-state index < -0.39 is 24.4 Å². The number of nitrogens with zero attached hydrogens (tertiary/aromatic N) is 1. The summed E-state index contributed by atoms with van der Waals surface area (Å²) in [4.78, 5) is 38.8. The molecule has 4 amide bonds. The van der Waals surface area contributed by atoms with Crippen LogP contribution < -0.4 is 20.1 Å². The lowest BCUT2D eigenvalue weighted by molar-refractivity contribution is -0.127. The molecular formula is C27H24BrN3O5. The highest BCUT2D eigenvalue weighted by Crippen LogP contribution is 2.28. The first kappa shape index (κ1) is 25.0. The molecule has 2 N–H and O–H groups in total. The second-order valence-electron chi connectivity index (χ2n) is 8.08. The molecule has 1 fully saturated rings. The maximum atomic E-state index is 13.0. The molecule has 0 bridgehead atoms. The summed E-state index contributed by atoms with van der Waals surface area (Å²) in [5.41, 5.74) is 3.24. The van der Waals surface area contributed by atoms with E-state index in [1.54, 1.807) is 36.4 Å². The third kappa shape index (κ3) is 5.92. The first-order chi connectivity index (χ1) is 17.3. The molecule has 0 unspecified atom stereocenters. The summed E-state index contributed by atoms with van der Waals surface area (Å²) in [5.74, 6) is -0.134. The molecule has 36 heavy (non-hydrogen) atoms. The zero-order valence-electron chi connectivity index (χ0n) is 19.7. The highest BCUT2D eigenvalue weighted by atomic mass is 79.9. The van der Waals surface area contributed by atoms with E-state index in [1.165, 1.54) is 13.2 Å². The molecule has 3 aromatic rings. The number of carbonyl (C=O) groups is 3. The highest BCUT2D eigenvalue weighted by Gasteiger charge is 2.35. The van der Waals surface area contributed by atoms with Gasteiger partial charge in [0.15, 0.2) is 0 Å². The molecule has 0 aliphatic carbocycles. The van der Waals surface area contributed by atoms with Gasteiger partial charge in [-0.1, -0.05) is 57.9 Å². The maximum Gasteiger partial charge on any atom is 0.329 e. The predicted molar refractivity (Wildman–Crippen MR) is 139 cm³/mol. The van der Waals surface area contributed by atoms with Gasteiger partial charge < -0.3 is 20.1 Å². The molecule has 1 aliphatic rings. The topological polar surface area (TPSA) is 97.0 Å². The molecule has 0 aromatic heterocycles. The fourth-order valence-corrected chi connectivity index (χ4v) is 3.94. The average Bonchev–Trinajstić information content (AvgIpc) is 3.12. The Labute approximate surface area is 217 Å². The molecule has 0 atom stereocenters. The van der Waals surface area contributed by atoms with Crippen LogP contribution in [0.1, 0.15) is 16.7 Å². The quantitative estimate of drug-likeness (QED) is 0.308. The van der Waals surface area contributed by atoms with E-state index in [1.807, 2.05) is 37.3 Å². The number of methoxy groups -OCH3 is 1. The largest absolute Gasteiger partial charge is 0.495 e. The minimum atomic E-state index is -0.682. The predicted octanol–water partition coefficient (Wildman–Crippen LogP) is 4.88. The van der Waals surface area contributed by atoms with E-state index in [4.69, 9.17) is 9.47 Å². The van der Waals surface area contributed by atoms with Crippen LogP contribution in [-0.2, 0) is 16.2 Å². The monoisotopic (exact) mass is 549 g/mol. The molecule has 184 valence electrons. The van der Waals surface area contributed by atoms with Crippen molar-refractivity contribution in [2.75, 3.05) is 19.0 Å². The number of halogens is 1. The van der Waals surface area contributed by atoms with Crippen LogP contribution in [0.5, 0.6) is 11.5 Å². The summed E-state index contributed by atoms with van der Waals surface area (Å²) < 4.78 is 12.0. The Morgan fingerprint density at radius 1 is 1.06 bits per heavy atom. The number of ether oxygens (including phenoxy) is 2. The molecule has 0 spiro atoms. The van der Waals surface area contributed by atoms with Gasteiger partial charge in [0.2, 0.25) is 5.91 Å². The summed E-state index contributed by atoms with van der Waals surface area (Å²) in [6, 6.07) is 19.6. The van der Waals surface area contributed by atoms with Crippen LogP contribution in [0.3, 0.4) is 0 Å². The van der Waals surface area contributed by atoms with E-state index in [9.17, 15) is 14.4 Å². The summed E-state index contributed by atoms with van der Waals surface area (Å²) in [7, 11) is 1.49. The number of benzene rings is 3. The second kappa shape index (κ2) is 11.1. The van der Waals surface area contributed by atoms with Crippen LogP contribution in [0.25, 0.3) is 6.08 Å². The van der Waals surface area contributed by atoms with Gasteiger partial charge in [0, 0.05) is 10.0 Å². The van der Waals surface area contributed by atoms with Gasteiger partial charge in [-0.05, 0) is 48.9 Å². The van der Waals surface area contributed by atoms with Gasteiger partial charge in [-0.2, -0.15) is 0 Å². The average molecular weight is 550 g/mol. The van der Waals surface area contributed by atoms with E-state index in [0.717, 1.165) is 20.5 Å². The first-order valence-corrected chi connectivity index (χ1v) is 11.9. The van der Waals surface area contributed by atoms with Crippen molar-refractivity contribution in [1.29, 1.82) is 0 Å². The standard InChI is InChI=1S/C27H24BrN3O5/c1-17-7-9-18(10-8-17)16-36-23-12-11-20(28)13-19(23)14-22-26(33)31(27(34)30-22)15-25(32)29-21-5-3-4-6-24(21)35-2/h3-14H,15-16H2,1-2H3,(H,29,32)(H,30,34)/b22-14+. The van der Waals surface area contributed by atoms with Crippen molar-refractivity contribution in [3.63, 3.8) is 0 Å². The lowest BCUT2D eigenvalue weighted by Gasteiger charge is -2.13. The van der Waals surface area contributed by atoms with Gasteiger partial charge in [0.05, 0.1) is 12.8 Å². The van der Waals surface area contributed by atoms with Crippen LogP contribution >= 0.6 is 15.9 Å². The van der Waals surface area contributed by atoms with E-state index in [-0.39, 0.29) is 5.70 Å². The Hall–Kier alpha value is -4.11. The molecule has 4 rings (SSSR count). The molecule has 9 heteroatoms. The fraction of sp³-hybridized carbons (Fsp3) is 0.148. The van der Waals surface area contributed by atoms with Crippen molar-refractivity contribution in [2.45, 2.75) is 13.5 Å². The summed E-state index contributed by atoms with van der Waals surface area (Å²) in [5, 5.41) is 5.21. The normalized spacial score (nSPS) is 14.1. The Morgan fingerprint density at radius 3 is 2.56 bits per heavy atom. The van der Waals surface area contributed by atoms with Crippen LogP contribution in [0.2, 0.25) is 0 Å². The minimum Gasteiger partial charge on any atom is -0.495 e. The van der Waals surface area contributed by atoms with Crippen molar-refractivity contribution < 1.29 is 23.9 Å². The van der Waals surface area contributed by atoms with Crippen LogP contribution in [-0.4, -0.2) is 36.4 Å². The van der Waals surface area contributed by atoms with Gasteiger partial charge in [-0.15, -0.1) is 0 Å². The van der Waals surface area contributed by atoms with Gasteiger partial charge in [0.25, 0.3) is 5.91 Å². The van der Waals surface area contributed by atoms with Crippen molar-refractivity contribution in [3.8, 4) is 11.5 Å². The number of amides is 4. The summed E-state index contributed by atoms with van der Waals surface area (Å²) >= 11 is 3.43. The molecule has 8 nitrogen and oxygen atoms in total. The third-order valence-corrected chi connectivity index (χ3v) is 5.92. The summed E-state index contributed by atoms with van der Waals surface area (Å²) in [6.45, 7) is 1.91. The lowest BCUT2D eigenvalue weighted by atomic mass is 10.1. The Balaban J connectivity index is 1.48. The molecular weight excluding hydrogens is 526 g/mol. The second-order valence-corrected chi connectivity index (χ2v) is 9.00. The number of anilines is 1. The number of hydrogen-bond donors (Lipinski definition) is 2. The molecule has 0 saturated carbocycles. The number of imide groups is 1. The fourth-order valence-electron chi connectivity index (χ4n) is 3.56. The number of para-hydroxylation sites is 2. The lowest BCUT2D eigenvalue weighted by Crippen LogP contribution is -2.38. The van der Waals surface area contributed by atoms with E-state index in [0.29, 0.717) is 29.4 Å². The van der Waals surface area contributed by atoms with Crippen molar-refractivity contribution in [1.82, 2.24) is 10.2 Å². The van der Waals surface area contributed by atoms with E-state index in [2.05, 4.69) is 26.6 Å². The smallest absolute Gasteiger partial charge is 0.329 e. The van der Waals surface area contributed by atoms with Crippen LogP contribution in [0.4, 0.5) is 10.5 Å². The molecule has 1 saturated heterocycles. The Morgan fingerprint density at radius 2 is 1.81 bits per heavy atom. The van der Waals surface area contributed by atoms with E-state index >= 15 is 0 Å². The van der Waals surface area contributed by atoms with Gasteiger partial charge in [-0.25, -0.2) is 9.69 Å². The number of urea groups is 1. The Kier molecular flexibility index (Phi) is 7.70. The SMILES string of the molecule is COc1ccccc1NC(=O)CN1C(=O)N/C(=C/c2cc(Br)ccc2OCc2ccc(C)cc2)C1=O. The minimum absolute atomic E-state index is 0.0448. The van der Waals surface area contributed by atoms with Gasteiger partial charge in [0.1, 0.15) is 30.3 Å². The summed E-state index contributed by atoms with van der Waals surface area (Å²) in [6.07, 6.45) is 1.54. The highest BCUT2D eigenvalue weighted by molar-refractivity contribution is 9.10. The number of hydrogen-bond acceptors (Lipinski definition) is 5. The van der Waals surface area contributed by atoms with Crippen LogP contribution in [0, 0.1) is 6.92 Å². The Bertz CT molecular complexity index is 1340. The zero-order chi connectivity index (χ0) is 25.7. The number of carbonyl (C=O) groups excluding carboxylic acids is 3. The van der Waals surface area contributed by atoms with Crippen molar-refractivity contribution in [3.05, 3.63) is 93.6 Å². The first-order valence-electron chi connectivity index (χ1n) is 11.1. The number of nitrogens with one attached hydrogen (secondary N) is 2. The zero-order valence-corrected chi connectivity index (χ0v) is 21.3. The molecule has 1 aliphatic heterocycles. The maximum absolute atomic E-state index is 13.0. The number of aryl methyl sites for hydroxylation is 1. The molecule has 0 radical (unpaired) electrons. The van der Waals surface area contributed by atoms with Gasteiger partial charge in [-0.3, -0.25) is 9.59 Å². The molecule has 1 heterocycles. The third-order valence-electron chi connectivity index (χ3n) is 5.43. The van der Waals surface area contributed by atoms with Crippen LogP contribution in [0.15, 0.2) is 76.9 Å². The van der Waals surface area contributed by atoms with Crippen molar-refractivity contribution in [2.24, 2.45) is 0 Å².